The first kappa shape index (κ1) is 14.4. The van der Waals surface area contributed by atoms with E-state index in [0.717, 1.165) is 0 Å². The van der Waals surface area contributed by atoms with Crippen molar-refractivity contribution in [3.63, 3.8) is 0 Å². The Labute approximate surface area is 107 Å². The quantitative estimate of drug-likeness (QED) is 0.748. The molecule has 0 bridgehead atoms. The van der Waals surface area contributed by atoms with Crippen molar-refractivity contribution in [1.29, 1.82) is 0 Å². The third-order valence-corrected chi connectivity index (χ3v) is 2.44. The lowest BCUT2D eigenvalue weighted by Gasteiger charge is -2.22. The average Bonchev–Trinajstić information content (AvgIpc) is 2.33. The Bertz CT molecular complexity index is 372. The second-order valence-corrected chi connectivity index (χ2v) is 4.16. The monoisotopic (exact) mass is 255 g/mol. The number of nitrogens with zero attached hydrogens (tertiary/aromatic N) is 3. The SMILES string of the molecule is CCOCC(Nc1nc(N)nc(OC)n1)C(C)C. The number of hydrogen-bond acceptors (Lipinski definition) is 7. The molecule has 1 aromatic heterocycles. The van der Waals surface area contributed by atoms with E-state index in [4.69, 9.17) is 15.2 Å². The van der Waals surface area contributed by atoms with E-state index in [2.05, 4.69) is 34.1 Å². The molecule has 18 heavy (non-hydrogen) atoms. The molecule has 7 nitrogen and oxygen atoms in total. The molecule has 0 aliphatic heterocycles. The van der Waals surface area contributed by atoms with Gasteiger partial charge in [-0.15, -0.1) is 0 Å². The first-order valence-corrected chi connectivity index (χ1v) is 5.96. The van der Waals surface area contributed by atoms with Crippen LogP contribution < -0.4 is 15.8 Å². The molecular formula is C11H21N5O2. The van der Waals surface area contributed by atoms with Crippen molar-refractivity contribution >= 4 is 11.9 Å². The Hall–Kier alpha value is -1.63. The number of anilines is 2. The van der Waals surface area contributed by atoms with Crippen molar-refractivity contribution in [2.75, 3.05) is 31.4 Å². The van der Waals surface area contributed by atoms with E-state index in [0.29, 0.717) is 25.1 Å². The fourth-order valence-electron chi connectivity index (χ4n) is 1.34. The van der Waals surface area contributed by atoms with E-state index >= 15 is 0 Å². The Morgan fingerprint density at radius 3 is 2.56 bits per heavy atom. The number of hydrogen-bond donors (Lipinski definition) is 2. The van der Waals surface area contributed by atoms with Gasteiger partial charge in [0.25, 0.3) is 0 Å². The number of nitrogen functional groups attached to an aromatic ring is 1. The molecule has 1 rings (SSSR count). The maximum Gasteiger partial charge on any atom is 0.322 e. The summed E-state index contributed by atoms with van der Waals surface area (Å²) < 4.78 is 10.4. The molecule has 0 spiro atoms. The number of aromatic nitrogens is 3. The maximum atomic E-state index is 5.57. The molecule has 1 atom stereocenters. The second kappa shape index (κ2) is 6.95. The summed E-state index contributed by atoms with van der Waals surface area (Å²) in [5.41, 5.74) is 5.57. The molecule has 0 aliphatic carbocycles. The van der Waals surface area contributed by atoms with Crippen molar-refractivity contribution in [3.05, 3.63) is 0 Å². The van der Waals surface area contributed by atoms with Gasteiger partial charge in [0.15, 0.2) is 0 Å². The van der Waals surface area contributed by atoms with Crippen LogP contribution in [0.5, 0.6) is 6.01 Å². The maximum absolute atomic E-state index is 5.57. The topological polar surface area (TPSA) is 95.2 Å². The Morgan fingerprint density at radius 2 is 2.00 bits per heavy atom. The van der Waals surface area contributed by atoms with E-state index in [9.17, 15) is 0 Å². The molecule has 0 aliphatic rings. The predicted molar refractivity (Wildman–Crippen MR) is 69.5 cm³/mol. The van der Waals surface area contributed by atoms with Crippen LogP contribution in [0.1, 0.15) is 20.8 Å². The van der Waals surface area contributed by atoms with Gasteiger partial charge in [-0.3, -0.25) is 0 Å². The van der Waals surface area contributed by atoms with Gasteiger partial charge >= 0.3 is 6.01 Å². The van der Waals surface area contributed by atoms with Crippen LogP contribution in [0.15, 0.2) is 0 Å². The average molecular weight is 255 g/mol. The zero-order valence-corrected chi connectivity index (χ0v) is 11.3. The van der Waals surface area contributed by atoms with Gasteiger partial charge in [0.2, 0.25) is 11.9 Å². The summed E-state index contributed by atoms with van der Waals surface area (Å²) >= 11 is 0. The van der Waals surface area contributed by atoms with Crippen molar-refractivity contribution in [3.8, 4) is 6.01 Å². The smallest absolute Gasteiger partial charge is 0.322 e. The van der Waals surface area contributed by atoms with Crippen molar-refractivity contribution in [1.82, 2.24) is 15.0 Å². The molecule has 1 aromatic rings. The zero-order valence-electron chi connectivity index (χ0n) is 11.3. The number of nitrogens with two attached hydrogens (primary N) is 1. The summed E-state index contributed by atoms with van der Waals surface area (Å²) in [7, 11) is 1.48. The minimum atomic E-state index is 0.108. The molecule has 0 fully saturated rings. The van der Waals surface area contributed by atoms with Crippen LogP contribution >= 0.6 is 0 Å². The molecule has 7 heteroatoms. The van der Waals surface area contributed by atoms with Crippen LogP contribution in [0, 0.1) is 5.92 Å². The standard InChI is InChI=1S/C11H21N5O2/c1-5-18-6-8(7(2)3)13-10-14-9(12)15-11(16-10)17-4/h7-8H,5-6H2,1-4H3,(H3,12,13,14,15,16). The van der Waals surface area contributed by atoms with Crippen LogP contribution in [0.25, 0.3) is 0 Å². The zero-order chi connectivity index (χ0) is 13.5. The van der Waals surface area contributed by atoms with E-state index in [1.165, 1.54) is 7.11 Å². The highest BCUT2D eigenvalue weighted by molar-refractivity contribution is 5.33. The molecule has 102 valence electrons. The normalized spacial score (nSPS) is 12.5. The summed E-state index contributed by atoms with van der Waals surface area (Å²) in [6, 6.07) is 0.306. The minimum Gasteiger partial charge on any atom is -0.467 e. The van der Waals surface area contributed by atoms with Gasteiger partial charge in [-0.2, -0.15) is 15.0 Å². The highest BCUT2D eigenvalue weighted by atomic mass is 16.5. The molecule has 1 heterocycles. The molecule has 1 unspecified atom stereocenters. The van der Waals surface area contributed by atoms with Crippen LogP contribution in [-0.4, -0.2) is 41.3 Å². The first-order valence-electron chi connectivity index (χ1n) is 5.96. The lowest BCUT2D eigenvalue weighted by atomic mass is 10.1. The summed E-state index contributed by atoms with van der Waals surface area (Å²) in [5, 5.41) is 3.18. The number of ether oxygens (including phenoxy) is 2. The summed E-state index contributed by atoms with van der Waals surface area (Å²) in [4.78, 5) is 11.9. The molecule has 0 saturated heterocycles. The lowest BCUT2D eigenvalue weighted by Crippen LogP contribution is -2.32. The van der Waals surface area contributed by atoms with E-state index < -0.39 is 0 Å². The Kier molecular flexibility index (Phi) is 5.57. The highest BCUT2D eigenvalue weighted by Crippen LogP contribution is 2.12. The summed E-state index contributed by atoms with van der Waals surface area (Å²) in [5.74, 6) is 0.904. The number of rotatable bonds is 7. The van der Waals surface area contributed by atoms with Gasteiger partial charge < -0.3 is 20.5 Å². The van der Waals surface area contributed by atoms with Crippen LogP contribution in [-0.2, 0) is 4.74 Å². The molecule has 3 N–H and O–H groups in total. The fourth-order valence-corrected chi connectivity index (χ4v) is 1.34. The van der Waals surface area contributed by atoms with E-state index in [1.807, 2.05) is 6.92 Å². The highest BCUT2D eigenvalue weighted by Gasteiger charge is 2.15. The van der Waals surface area contributed by atoms with Crippen LogP contribution in [0.4, 0.5) is 11.9 Å². The van der Waals surface area contributed by atoms with Crippen molar-refractivity contribution in [2.45, 2.75) is 26.8 Å². The lowest BCUT2D eigenvalue weighted by molar-refractivity contribution is 0.126. The van der Waals surface area contributed by atoms with Gasteiger partial charge in [-0.05, 0) is 12.8 Å². The van der Waals surface area contributed by atoms with Crippen molar-refractivity contribution < 1.29 is 9.47 Å². The van der Waals surface area contributed by atoms with Gasteiger partial charge in [-0.25, -0.2) is 0 Å². The molecule has 0 saturated carbocycles. The summed E-state index contributed by atoms with van der Waals surface area (Å²) in [6.07, 6.45) is 0. The fraction of sp³-hybridized carbons (Fsp3) is 0.727. The third-order valence-electron chi connectivity index (χ3n) is 2.44. The molecule has 0 aromatic carbocycles. The molecule has 0 amide bonds. The van der Waals surface area contributed by atoms with Gasteiger partial charge in [0, 0.05) is 6.61 Å². The second-order valence-electron chi connectivity index (χ2n) is 4.16. The number of nitrogens with one attached hydrogen (secondary N) is 1. The van der Waals surface area contributed by atoms with Crippen LogP contribution in [0.2, 0.25) is 0 Å². The largest absolute Gasteiger partial charge is 0.467 e. The van der Waals surface area contributed by atoms with Gasteiger partial charge in [0.1, 0.15) is 0 Å². The Balaban J connectivity index is 2.76. The summed E-state index contributed by atoms with van der Waals surface area (Å²) in [6.45, 7) is 7.41. The van der Waals surface area contributed by atoms with E-state index in [1.54, 1.807) is 0 Å². The molecular weight excluding hydrogens is 234 g/mol. The Morgan fingerprint density at radius 1 is 1.28 bits per heavy atom. The molecule has 0 radical (unpaired) electrons. The van der Waals surface area contributed by atoms with Gasteiger partial charge in [-0.1, -0.05) is 13.8 Å². The minimum absolute atomic E-state index is 0.108. The van der Waals surface area contributed by atoms with Crippen molar-refractivity contribution in [2.24, 2.45) is 5.92 Å². The predicted octanol–water partition coefficient (Wildman–Crippen LogP) is 0.935. The van der Waals surface area contributed by atoms with E-state index in [-0.39, 0.29) is 18.0 Å². The van der Waals surface area contributed by atoms with Gasteiger partial charge in [0.05, 0.1) is 19.8 Å². The van der Waals surface area contributed by atoms with Crippen LogP contribution in [0.3, 0.4) is 0 Å². The third kappa shape index (κ3) is 4.33. The first-order chi connectivity index (χ1) is 8.56. The number of methoxy groups -OCH3 is 1.